The highest BCUT2D eigenvalue weighted by Gasteiger charge is 2.51. The molecule has 1 saturated heterocycles. The minimum absolute atomic E-state index is 0.0498. The molecule has 3 atom stereocenters. The summed E-state index contributed by atoms with van der Waals surface area (Å²) in [5.74, 6) is 1.42. The van der Waals surface area contributed by atoms with Crippen LogP contribution < -0.4 is 5.32 Å². The molecule has 2 amide bonds. The Morgan fingerprint density at radius 2 is 1.74 bits per heavy atom. The third-order valence-electron chi connectivity index (χ3n) is 7.42. The molecule has 1 heterocycles. The van der Waals surface area contributed by atoms with Crippen LogP contribution in [0.4, 0.5) is 0 Å². The lowest BCUT2D eigenvalue weighted by atomic mass is 9.72. The second-order valence-corrected chi connectivity index (χ2v) is 9.22. The van der Waals surface area contributed by atoms with Crippen molar-refractivity contribution in [3.8, 4) is 0 Å². The van der Waals surface area contributed by atoms with E-state index in [9.17, 15) is 14.4 Å². The number of rotatable bonds is 6. The molecule has 4 rings (SSSR count). The second kappa shape index (κ2) is 7.44. The summed E-state index contributed by atoms with van der Waals surface area (Å²) in [4.78, 5) is 39.0. The minimum Gasteiger partial charge on any atom is -0.469 e. The van der Waals surface area contributed by atoms with Gasteiger partial charge in [0, 0.05) is 24.4 Å². The summed E-state index contributed by atoms with van der Waals surface area (Å²) in [7, 11) is 1.40. The number of nitrogens with zero attached hydrogens (tertiary/aromatic N) is 1. The van der Waals surface area contributed by atoms with Gasteiger partial charge in [0.05, 0.1) is 19.1 Å². The van der Waals surface area contributed by atoms with E-state index in [0.29, 0.717) is 18.8 Å². The van der Waals surface area contributed by atoms with E-state index in [4.69, 9.17) is 4.74 Å². The molecule has 150 valence electrons. The number of esters is 1. The van der Waals surface area contributed by atoms with Gasteiger partial charge in [0.1, 0.15) is 0 Å². The number of carbonyl (C=O) groups excluding carboxylic acids is 3. The quantitative estimate of drug-likeness (QED) is 0.721. The SMILES string of the molecule is CCCC1CC(C(=O)N[C@@H]2C[C@@H]3C[C@H]2N(C(=O)C2CC(C(=O)OC)C2)C3)C1. The molecule has 4 aliphatic rings. The minimum atomic E-state index is -0.200. The lowest BCUT2D eigenvalue weighted by Gasteiger charge is -2.41. The van der Waals surface area contributed by atoms with E-state index >= 15 is 0 Å². The first-order valence-electron chi connectivity index (χ1n) is 10.7. The van der Waals surface area contributed by atoms with Crippen LogP contribution in [-0.4, -0.2) is 48.4 Å². The average Bonchev–Trinajstić information content (AvgIpc) is 3.16. The van der Waals surface area contributed by atoms with Crippen molar-refractivity contribution in [1.29, 1.82) is 0 Å². The lowest BCUT2D eigenvalue weighted by Crippen LogP contribution is -2.56. The van der Waals surface area contributed by atoms with Crippen LogP contribution in [-0.2, 0) is 19.1 Å². The molecule has 3 saturated carbocycles. The highest BCUT2D eigenvalue weighted by molar-refractivity contribution is 5.84. The third kappa shape index (κ3) is 3.47. The van der Waals surface area contributed by atoms with E-state index in [1.807, 2.05) is 4.90 Å². The zero-order chi connectivity index (χ0) is 19.1. The molecule has 0 aromatic heterocycles. The molecule has 0 unspecified atom stereocenters. The molecule has 0 spiro atoms. The van der Waals surface area contributed by atoms with Crippen molar-refractivity contribution in [2.24, 2.45) is 29.6 Å². The number of methoxy groups -OCH3 is 1. The summed E-state index contributed by atoms with van der Waals surface area (Å²) >= 11 is 0. The molecular formula is C21H32N2O4. The monoisotopic (exact) mass is 376 g/mol. The van der Waals surface area contributed by atoms with Crippen molar-refractivity contribution in [2.45, 2.75) is 70.4 Å². The number of piperidine rings is 1. The molecule has 27 heavy (non-hydrogen) atoms. The van der Waals surface area contributed by atoms with Crippen LogP contribution in [0.3, 0.4) is 0 Å². The molecular weight excluding hydrogens is 344 g/mol. The van der Waals surface area contributed by atoms with Gasteiger partial charge in [-0.15, -0.1) is 0 Å². The molecule has 0 aromatic carbocycles. The van der Waals surface area contributed by atoms with Gasteiger partial charge in [-0.25, -0.2) is 0 Å². The van der Waals surface area contributed by atoms with Crippen LogP contribution >= 0.6 is 0 Å². The van der Waals surface area contributed by atoms with Crippen molar-refractivity contribution in [2.75, 3.05) is 13.7 Å². The number of carbonyl (C=O) groups is 3. The highest BCUT2D eigenvalue weighted by atomic mass is 16.5. The summed E-state index contributed by atoms with van der Waals surface area (Å²) < 4.78 is 4.77. The van der Waals surface area contributed by atoms with E-state index in [-0.39, 0.29) is 47.6 Å². The van der Waals surface area contributed by atoms with Gasteiger partial charge < -0.3 is 15.0 Å². The van der Waals surface area contributed by atoms with Crippen LogP contribution in [0, 0.1) is 29.6 Å². The van der Waals surface area contributed by atoms with Gasteiger partial charge in [0.15, 0.2) is 0 Å². The van der Waals surface area contributed by atoms with Crippen molar-refractivity contribution < 1.29 is 19.1 Å². The van der Waals surface area contributed by atoms with Gasteiger partial charge in [-0.3, -0.25) is 14.4 Å². The maximum atomic E-state index is 12.9. The van der Waals surface area contributed by atoms with Crippen molar-refractivity contribution in [3.63, 3.8) is 0 Å². The Balaban J connectivity index is 1.27. The van der Waals surface area contributed by atoms with E-state index in [0.717, 1.165) is 38.1 Å². The molecule has 0 radical (unpaired) electrons. The number of ether oxygens (including phenoxy) is 1. The molecule has 3 aliphatic carbocycles. The summed E-state index contributed by atoms with van der Waals surface area (Å²) in [5, 5.41) is 3.26. The van der Waals surface area contributed by atoms with Crippen LogP contribution in [0.1, 0.15) is 58.3 Å². The van der Waals surface area contributed by atoms with Gasteiger partial charge in [-0.1, -0.05) is 19.8 Å². The Morgan fingerprint density at radius 3 is 2.37 bits per heavy atom. The highest BCUT2D eigenvalue weighted by Crippen LogP contribution is 2.43. The summed E-state index contributed by atoms with van der Waals surface area (Å²) in [5.41, 5.74) is 0. The Kier molecular flexibility index (Phi) is 5.17. The van der Waals surface area contributed by atoms with Crippen molar-refractivity contribution in [3.05, 3.63) is 0 Å². The maximum absolute atomic E-state index is 12.9. The van der Waals surface area contributed by atoms with Gasteiger partial charge in [0.2, 0.25) is 11.8 Å². The molecule has 1 aliphatic heterocycles. The van der Waals surface area contributed by atoms with E-state index < -0.39 is 0 Å². The third-order valence-corrected chi connectivity index (χ3v) is 7.42. The van der Waals surface area contributed by atoms with E-state index in [2.05, 4.69) is 12.2 Å². The Labute approximate surface area is 161 Å². The Hall–Kier alpha value is -1.59. The van der Waals surface area contributed by atoms with Crippen molar-refractivity contribution >= 4 is 17.8 Å². The number of hydrogen-bond acceptors (Lipinski definition) is 4. The first kappa shape index (κ1) is 18.8. The van der Waals surface area contributed by atoms with Crippen LogP contribution in [0.5, 0.6) is 0 Å². The predicted octanol–water partition coefficient (Wildman–Crippen LogP) is 2.12. The smallest absolute Gasteiger partial charge is 0.308 e. The first-order chi connectivity index (χ1) is 13.0. The normalized spacial score (nSPS) is 39.5. The zero-order valence-electron chi connectivity index (χ0n) is 16.5. The molecule has 1 N–H and O–H groups in total. The zero-order valence-corrected chi connectivity index (χ0v) is 16.5. The molecule has 0 aromatic rings. The topological polar surface area (TPSA) is 75.7 Å². The number of nitrogens with one attached hydrogen (secondary N) is 1. The predicted molar refractivity (Wildman–Crippen MR) is 99.5 cm³/mol. The number of fused-ring (bicyclic) bond motifs is 2. The fraction of sp³-hybridized carbons (Fsp3) is 0.857. The Bertz CT molecular complexity index is 609. The number of hydrogen-bond donors (Lipinski definition) is 1. The average molecular weight is 376 g/mol. The van der Waals surface area contributed by atoms with Crippen LogP contribution in [0.15, 0.2) is 0 Å². The van der Waals surface area contributed by atoms with Crippen LogP contribution in [0.25, 0.3) is 0 Å². The number of amides is 2. The summed E-state index contributed by atoms with van der Waals surface area (Å²) in [6, 6.07) is 0.261. The summed E-state index contributed by atoms with van der Waals surface area (Å²) in [6.07, 6.45) is 7.71. The van der Waals surface area contributed by atoms with Crippen LogP contribution in [0.2, 0.25) is 0 Å². The molecule has 2 bridgehead atoms. The lowest BCUT2D eigenvalue weighted by molar-refractivity contribution is -0.155. The largest absolute Gasteiger partial charge is 0.469 e. The molecule has 6 heteroatoms. The fourth-order valence-electron chi connectivity index (χ4n) is 5.74. The fourth-order valence-corrected chi connectivity index (χ4v) is 5.74. The van der Waals surface area contributed by atoms with E-state index in [1.54, 1.807) is 0 Å². The molecule has 4 fully saturated rings. The Morgan fingerprint density at radius 1 is 1.00 bits per heavy atom. The van der Waals surface area contributed by atoms with Gasteiger partial charge >= 0.3 is 5.97 Å². The van der Waals surface area contributed by atoms with E-state index in [1.165, 1.54) is 20.0 Å². The van der Waals surface area contributed by atoms with Gasteiger partial charge in [-0.05, 0) is 50.4 Å². The number of likely N-dealkylation sites (tertiary alicyclic amines) is 1. The standard InChI is InChI=1S/C21H32N2O4/c1-3-4-12-5-14(6-12)19(24)22-17-7-13-8-18(17)23(11-13)20(25)15-9-16(10-15)21(26)27-2/h12-18H,3-11H2,1-2H3,(H,22,24)/t12?,13-,14?,15?,16?,17-,18-/m1/s1. The van der Waals surface area contributed by atoms with Gasteiger partial charge in [0.25, 0.3) is 0 Å². The van der Waals surface area contributed by atoms with Crippen molar-refractivity contribution in [1.82, 2.24) is 10.2 Å². The second-order valence-electron chi connectivity index (χ2n) is 9.22. The first-order valence-corrected chi connectivity index (χ1v) is 10.7. The molecule has 6 nitrogen and oxygen atoms in total. The van der Waals surface area contributed by atoms with Gasteiger partial charge in [-0.2, -0.15) is 0 Å². The maximum Gasteiger partial charge on any atom is 0.308 e. The summed E-state index contributed by atoms with van der Waals surface area (Å²) in [6.45, 7) is 3.01.